The summed E-state index contributed by atoms with van der Waals surface area (Å²) in [4.78, 5) is 24.0. The summed E-state index contributed by atoms with van der Waals surface area (Å²) in [7, 11) is -1.56. The van der Waals surface area contributed by atoms with E-state index in [0.29, 0.717) is 24.3 Å². The number of nitrogens with one attached hydrogen (secondary N) is 1. The molecule has 0 spiro atoms. The van der Waals surface area contributed by atoms with E-state index in [0.717, 1.165) is 0 Å². The molecule has 1 saturated heterocycles. The number of sulfone groups is 1. The Morgan fingerprint density at radius 2 is 2.08 bits per heavy atom. The molecule has 9 heteroatoms. The van der Waals surface area contributed by atoms with Crippen molar-refractivity contribution < 1.29 is 32.2 Å². The van der Waals surface area contributed by atoms with Gasteiger partial charge < -0.3 is 19.5 Å². The molecule has 1 aliphatic rings. The summed E-state index contributed by atoms with van der Waals surface area (Å²) >= 11 is 0. The number of hydrogen-bond acceptors (Lipinski definition) is 7. The van der Waals surface area contributed by atoms with Crippen molar-refractivity contribution in [1.29, 1.82) is 0 Å². The maximum Gasteiger partial charge on any atom is 0.338 e. The highest BCUT2D eigenvalue weighted by atomic mass is 32.2. The number of hydrogen-bond donors (Lipinski definition) is 1. The fraction of sp³-hybridized carbons (Fsp3) is 0.529. The topological polar surface area (TPSA) is 108 Å². The van der Waals surface area contributed by atoms with Gasteiger partial charge in [0.15, 0.2) is 16.4 Å². The van der Waals surface area contributed by atoms with Crippen molar-refractivity contribution in [3.05, 3.63) is 29.3 Å². The lowest BCUT2D eigenvalue weighted by molar-refractivity contribution is -0.124. The van der Waals surface area contributed by atoms with Crippen LogP contribution >= 0.6 is 0 Å². The van der Waals surface area contributed by atoms with Gasteiger partial charge in [0.2, 0.25) is 0 Å². The largest absolute Gasteiger partial charge is 0.496 e. The van der Waals surface area contributed by atoms with Crippen LogP contribution in [0.25, 0.3) is 0 Å². The van der Waals surface area contributed by atoms with E-state index < -0.39 is 34.4 Å². The Balaban J connectivity index is 1.89. The maximum atomic E-state index is 12.1. The molecule has 2 rings (SSSR count). The molecule has 0 aliphatic carbocycles. The van der Waals surface area contributed by atoms with Crippen LogP contribution in [0.5, 0.6) is 5.75 Å². The molecule has 1 fully saturated rings. The van der Waals surface area contributed by atoms with Gasteiger partial charge >= 0.3 is 5.97 Å². The van der Waals surface area contributed by atoms with E-state index in [2.05, 4.69) is 5.32 Å². The molecule has 0 aromatic heterocycles. The highest BCUT2D eigenvalue weighted by Gasteiger charge is 2.29. The summed E-state index contributed by atoms with van der Waals surface area (Å²) in [5, 5.41) is 2.56. The number of ether oxygens (including phenoxy) is 3. The molecule has 26 heavy (non-hydrogen) atoms. The first-order valence-electron chi connectivity index (χ1n) is 8.26. The lowest BCUT2D eigenvalue weighted by Gasteiger charge is -2.12. The number of carbonyl (C=O) groups excluding carboxylic acids is 2. The van der Waals surface area contributed by atoms with Crippen molar-refractivity contribution >= 4 is 21.7 Å². The molecule has 1 aromatic carbocycles. The molecular weight excluding hydrogens is 362 g/mol. The van der Waals surface area contributed by atoms with Crippen LogP contribution in [0, 0.1) is 0 Å². The molecule has 0 radical (unpaired) electrons. The van der Waals surface area contributed by atoms with Gasteiger partial charge in [-0.1, -0.05) is 0 Å². The van der Waals surface area contributed by atoms with E-state index in [1.807, 2.05) is 6.92 Å². The third-order valence-corrected chi connectivity index (χ3v) is 5.68. The molecule has 0 saturated carbocycles. The molecular formula is C17H23NO7S. The van der Waals surface area contributed by atoms with Gasteiger partial charge in [-0.2, -0.15) is 0 Å². The van der Waals surface area contributed by atoms with Gasteiger partial charge in [0.1, 0.15) is 5.75 Å². The Hall–Kier alpha value is -2.13. The van der Waals surface area contributed by atoms with Crippen molar-refractivity contribution in [1.82, 2.24) is 5.32 Å². The standard InChI is InChI=1S/C17H23NO7S/c1-3-24-9-13-8-12(4-5-15(13)23-2)17(20)25-10-16(19)18-14-6-7-26(21,22)11-14/h4-5,8,14H,3,6-7,9-11H2,1-2H3,(H,18,19)/t14-/m0/s1. The summed E-state index contributed by atoms with van der Waals surface area (Å²) in [5.41, 5.74) is 0.973. The fourth-order valence-electron chi connectivity index (χ4n) is 2.62. The van der Waals surface area contributed by atoms with Crippen molar-refractivity contribution in [3.8, 4) is 5.75 Å². The zero-order valence-electron chi connectivity index (χ0n) is 14.8. The van der Waals surface area contributed by atoms with Crippen LogP contribution in [-0.2, 0) is 30.7 Å². The lowest BCUT2D eigenvalue weighted by Crippen LogP contribution is -2.38. The molecule has 8 nitrogen and oxygen atoms in total. The van der Waals surface area contributed by atoms with E-state index in [1.54, 1.807) is 12.1 Å². The Labute approximate surface area is 152 Å². The average molecular weight is 385 g/mol. The van der Waals surface area contributed by atoms with E-state index >= 15 is 0 Å². The highest BCUT2D eigenvalue weighted by Crippen LogP contribution is 2.21. The summed E-state index contributed by atoms with van der Waals surface area (Å²) in [5.74, 6) is -0.601. The first-order chi connectivity index (χ1) is 12.3. The van der Waals surface area contributed by atoms with Crippen molar-refractivity contribution in [3.63, 3.8) is 0 Å². The second kappa shape index (κ2) is 9.00. The van der Waals surface area contributed by atoms with Gasteiger partial charge in [-0.05, 0) is 31.5 Å². The Morgan fingerprint density at radius 1 is 1.31 bits per heavy atom. The van der Waals surface area contributed by atoms with E-state index in [-0.39, 0.29) is 23.7 Å². The summed E-state index contributed by atoms with van der Waals surface area (Å²) in [6.07, 6.45) is 0.376. The zero-order valence-corrected chi connectivity index (χ0v) is 15.6. The molecule has 1 atom stereocenters. The minimum absolute atomic E-state index is 0.0617. The molecule has 0 unspecified atom stereocenters. The van der Waals surface area contributed by atoms with Gasteiger partial charge in [0, 0.05) is 18.2 Å². The van der Waals surface area contributed by atoms with Gasteiger partial charge in [0.25, 0.3) is 5.91 Å². The summed E-state index contributed by atoms with van der Waals surface area (Å²) < 4.78 is 38.3. The molecule has 1 amide bonds. The van der Waals surface area contributed by atoms with Gasteiger partial charge in [-0.3, -0.25) is 4.79 Å². The highest BCUT2D eigenvalue weighted by molar-refractivity contribution is 7.91. The van der Waals surface area contributed by atoms with E-state index in [9.17, 15) is 18.0 Å². The smallest absolute Gasteiger partial charge is 0.338 e. The van der Waals surface area contributed by atoms with Crippen molar-refractivity contribution in [2.75, 3.05) is 31.8 Å². The number of esters is 1. The normalized spacial score (nSPS) is 18.3. The number of benzene rings is 1. The predicted molar refractivity (Wildman–Crippen MR) is 93.8 cm³/mol. The van der Waals surface area contributed by atoms with Crippen molar-refractivity contribution in [2.24, 2.45) is 0 Å². The Morgan fingerprint density at radius 3 is 2.69 bits per heavy atom. The maximum absolute atomic E-state index is 12.1. The Bertz CT molecular complexity index is 760. The van der Waals surface area contributed by atoms with Crippen LogP contribution in [0.3, 0.4) is 0 Å². The van der Waals surface area contributed by atoms with Crippen LogP contribution < -0.4 is 10.1 Å². The monoisotopic (exact) mass is 385 g/mol. The lowest BCUT2D eigenvalue weighted by atomic mass is 10.1. The van der Waals surface area contributed by atoms with Gasteiger partial charge in [0.05, 0.1) is 30.8 Å². The van der Waals surface area contributed by atoms with Crippen LogP contribution in [-0.4, -0.2) is 58.2 Å². The SMILES string of the molecule is CCOCc1cc(C(=O)OCC(=O)N[C@H]2CCS(=O)(=O)C2)ccc1OC. The Kier molecular flexibility index (Phi) is 6.98. The minimum Gasteiger partial charge on any atom is -0.496 e. The van der Waals surface area contributed by atoms with Gasteiger partial charge in [-0.15, -0.1) is 0 Å². The minimum atomic E-state index is -3.08. The number of carbonyl (C=O) groups is 2. The third-order valence-electron chi connectivity index (χ3n) is 3.91. The molecule has 1 aliphatic heterocycles. The molecule has 1 heterocycles. The zero-order chi connectivity index (χ0) is 19.2. The molecule has 1 aromatic rings. The first kappa shape index (κ1) is 20.2. The molecule has 144 valence electrons. The molecule has 1 N–H and O–H groups in total. The second-order valence-corrected chi connectivity index (χ2v) is 8.14. The fourth-order valence-corrected chi connectivity index (χ4v) is 4.30. The first-order valence-corrected chi connectivity index (χ1v) is 10.1. The van der Waals surface area contributed by atoms with Crippen LogP contribution in [0.2, 0.25) is 0 Å². The number of methoxy groups -OCH3 is 1. The van der Waals surface area contributed by atoms with E-state index in [1.165, 1.54) is 13.2 Å². The van der Waals surface area contributed by atoms with Crippen LogP contribution in [0.4, 0.5) is 0 Å². The summed E-state index contributed by atoms with van der Waals surface area (Å²) in [6.45, 7) is 2.20. The van der Waals surface area contributed by atoms with Crippen LogP contribution in [0.1, 0.15) is 29.3 Å². The van der Waals surface area contributed by atoms with E-state index in [4.69, 9.17) is 14.2 Å². The summed E-state index contributed by atoms with van der Waals surface area (Å²) in [6, 6.07) is 4.34. The number of amides is 1. The van der Waals surface area contributed by atoms with Crippen LogP contribution in [0.15, 0.2) is 18.2 Å². The van der Waals surface area contributed by atoms with Gasteiger partial charge in [-0.25, -0.2) is 13.2 Å². The second-order valence-electron chi connectivity index (χ2n) is 5.91. The third kappa shape index (κ3) is 5.70. The quantitative estimate of drug-likeness (QED) is 0.656. The van der Waals surface area contributed by atoms with Crippen molar-refractivity contribution in [2.45, 2.75) is 26.0 Å². The predicted octanol–water partition coefficient (Wildman–Crippen LogP) is 0.692. The average Bonchev–Trinajstić information content (AvgIpc) is 2.95. The molecule has 0 bridgehead atoms. The number of rotatable bonds is 8.